The van der Waals surface area contributed by atoms with E-state index in [2.05, 4.69) is 0 Å². The minimum absolute atomic E-state index is 0.0469. The maximum atomic E-state index is 13.4. The molecule has 0 bridgehead atoms. The van der Waals surface area contributed by atoms with Crippen molar-refractivity contribution in [3.63, 3.8) is 0 Å². The summed E-state index contributed by atoms with van der Waals surface area (Å²) in [5.74, 6) is -1.50. The van der Waals surface area contributed by atoms with Gasteiger partial charge in [0.1, 0.15) is 5.82 Å². The Kier molecular flexibility index (Phi) is 4.90. The van der Waals surface area contributed by atoms with Crippen LogP contribution in [0.1, 0.15) is 17.5 Å². The predicted molar refractivity (Wildman–Crippen MR) is 89.2 cm³/mol. The second-order valence-electron chi connectivity index (χ2n) is 5.85. The summed E-state index contributed by atoms with van der Waals surface area (Å²) in [5.41, 5.74) is 0.369. The summed E-state index contributed by atoms with van der Waals surface area (Å²) < 4.78 is 78.3. The van der Waals surface area contributed by atoms with E-state index in [0.717, 1.165) is 21.5 Å². The first kappa shape index (κ1) is 18.6. The highest BCUT2D eigenvalue weighted by Crippen LogP contribution is 2.34. The normalized spacial score (nSPS) is 16.4. The van der Waals surface area contributed by atoms with E-state index in [4.69, 9.17) is 0 Å². The molecule has 0 fully saturated rings. The number of sulfonamides is 1. The van der Waals surface area contributed by atoms with Crippen LogP contribution in [0.3, 0.4) is 0 Å². The molecule has 3 rings (SSSR count). The van der Waals surface area contributed by atoms with Crippen molar-refractivity contribution >= 4 is 15.6 Å². The molecule has 2 aromatic carbocycles. The Morgan fingerprint density at radius 1 is 1.00 bits per heavy atom. The van der Waals surface area contributed by atoms with Crippen molar-refractivity contribution in [3.05, 3.63) is 71.6 Å². The zero-order chi connectivity index (χ0) is 18.9. The van der Waals surface area contributed by atoms with E-state index in [0.29, 0.717) is 18.6 Å². The standard InChI is InChI=1S/C18H15F4NO2S/c19-17-7-6-15(12-16(17)18(20,21)22)26(24,25)23-10-8-14(9-11-23)13-4-2-1-3-5-13/h1-8,12H,9-11H2. The van der Waals surface area contributed by atoms with Gasteiger partial charge in [0, 0.05) is 13.1 Å². The topological polar surface area (TPSA) is 37.4 Å². The fourth-order valence-electron chi connectivity index (χ4n) is 2.81. The Labute approximate surface area is 148 Å². The lowest BCUT2D eigenvalue weighted by atomic mass is 10.0. The van der Waals surface area contributed by atoms with Gasteiger partial charge in [-0.2, -0.15) is 17.5 Å². The van der Waals surface area contributed by atoms with Gasteiger partial charge in [-0.05, 0) is 35.8 Å². The molecule has 2 aromatic rings. The maximum Gasteiger partial charge on any atom is 0.419 e. The van der Waals surface area contributed by atoms with E-state index in [-0.39, 0.29) is 13.1 Å². The third-order valence-electron chi connectivity index (χ3n) is 4.20. The van der Waals surface area contributed by atoms with E-state index in [1.54, 1.807) is 6.08 Å². The van der Waals surface area contributed by atoms with Gasteiger partial charge in [0.05, 0.1) is 10.5 Å². The minimum atomic E-state index is -4.96. The average molecular weight is 385 g/mol. The molecule has 1 aliphatic heterocycles. The zero-order valence-electron chi connectivity index (χ0n) is 13.5. The number of alkyl halides is 3. The lowest BCUT2D eigenvalue weighted by Gasteiger charge is -2.26. The Balaban J connectivity index is 1.87. The Bertz CT molecular complexity index is 937. The van der Waals surface area contributed by atoms with Crippen molar-refractivity contribution in [3.8, 4) is 0 Å². The van der Waals surface area contributed by atoms with Crippen molar-refractivity contribution < 1.29 is 26.0 Å². The number of benzene rings is 2. The smallest absolute Gasteiger partial charge is 0.207 e. The second-order valence-corrected chi connectivity index (χ2v) is 7.79. The van der Waals surface area contributed by atoms with Gasteiger partial charge in [0.25, 0.3) is 0 Å². The molecule has 1 heterocycles. The van der Waals surface area contributed by atoms with Gasteiger partial charge in [-0.15, -0.1) is 0 Å². The number of rotatable bonds is 3. The van der Waals surface area contributed by atoms with Crippen LogP contribution < -0.4 is 0 Å². The van der Waals surface area contributed by atoms with Gasteiger partial charge in [0.15, 0.2) is 0 Å². The largest absolute Gasteiger partial charge is 0.419 e. The molecule has 26 heavy (non-hydrogen) atoms. The molecule has 0 aromatic heterocycles. The molecule has 8 heteroatoms. The SMILES string of the molecule is O=S(=O)(c1ccc(F)c(C(F)(F)F)c1)N1CC=C(c2ccccc2)CC1. The minimum Gasteiger partial charge on any atom is -0.207 e. The molecule has 0 saturated heterocycles. The summed E-state index contributed by atoms with van der Waals surface area (Å²) in [7, 11) is -4.15. The average Bonchev–Trinajstić information content (AvgIpc) is 2.62. The third kappa shape index (κ3) is 3.66. The van der Waals surface area contributed by atoms with Gasteiger partial charge in [0.2, 0.25) is 10.0 Å². The summed E-state index contributed by atoms with van der Waals surface area (Å²) in [5, 5.41) is 0. The van der Waals surface area contributed by atoms with Crippen molar-refractivity contribution in [1.82, 2.24) is 4.31 Å². The molecule has 0 radical (unpaired) electrons. The van der Waals surface area contributed by atoms with Gasteiger partial charge < -0.3 is 0 Å². The number of halogens is 4. The maximum absolute atomic E-state index is 13.4. The number of hydrogen-bond acceptors (Lipinski definition) is 2. The lowest BCUT2D eigenvalue weighted by Crippen LogP contribution is -2.34. The summed E-state index contributed by atoms with van der Waals surface area (Å²) in [6.07, 6.45) is -2.78. The summed E-state index contributed by atoms with van der Waals surface area (Å²) in [4.78, 5) is -0.567. The molecule has 0 atom stereocenters. The van der Waals surface area contributed by atoms with Crippen LogP contribution in [-0.4, -0.2) is 25.8 Å². The van der Waals surface area contributed by atoms with E-state index in [9.17, 15) is 26.0 Å². The zero-order valence-corrected chi connectivity index (χ0v) is 14.3. The quantitative estimate of drug-likeness (QED) is 0.738. The Morgan fingerprint density at radius 3 is 2.27 bits per heavy atom. The highest BCUT2D eigenvalue weighted by molar-refractivity contribution is 7.89. The molecule has 0 spiro atoms. The van der Waals surface area contributed by atoms with Crippen molar-refractivity contribution in [2.24, 2.45) is 0 Å². The van der Waals surface area contributed by atoms with Gasteiger partial charge in [-0.1, -0.05) is 36.4 Å². The van der Waals surface area contributed by atoms with Crippen LogP contribution in [0.4, 0.5) is 17.6 Å². The molecule has 3 nitrogen and oxygen atoms in total. The molecule has 0 saturated carbocycles. The number of nitrogens with zero attached hydrogens (tertiary/aromatic N) is 1. The highest BCUT2D eigenvalue weighted by atomic mass is 32.2. The van der Waals surface area contributed by atoms with Crippen LogP contribution in [-0.2, 0) is 16.2 Å². The van der Waals surface area contributed by atoms with Crippen molar-refractivity contribution in [2.45, 2.75) is 17.5 Å². The molecular formula is C18H15F4NO2S. The molecule has 1 aliphatic rings. The fraction of sp³-hybridized carbons (Fsp3) is 0.222. The monoisotopic (exact) mass is 385 g/mol. The van der Waals surface area contributed by atoms with Crippen molar-refractivity contribution in [1.29, 1.82) is 0 Å². The van der Waals surface area contributed by atoms with Crippen LogP contribution in [0.15, 0.2) is 59.5 Å². The van der Waals surface area contributed by atoms with E-state index in [1.807, 2.05) is 30.3 Å². The van der Waals surface area contributed by atoms with Gasteiger partial charge in [-0.25, -0.2) is 12.8 Å². The van der Waals surface area contributed by atoms with Crippen LogP contribution in [0.2, 0.25) is 0 Å². The second kappa shape index (κ2) is 6.85. The molecule has 0 N–H and O–H groups in total. The van der Waals surface area contributed by atoms with E-state index >= 15 is 0 Å². The molecular weight excluding hydrogens is 370 g/mol. The van der Waals surface area contributed by atoms with Gasteiger partial charge >= 0.3 is 6.18 Å². The van der Waals surface area contributed by atoms with Crippen molar-refractivity contribution in [2.75, 3.05) is 13.1 Å². The Morgan fingerprint density at radius 2 is 1.69 bits per heavy atom. The van der Waals surface area contributed by atoms with E-state index in [1.165, 1.54) is 0 Å². The Hall–Kier alpha value is -2.19. The van der Waals surface area contributed by atoms with Crippen LogP contribution in [0.25, 0.3) is 5.57 Å². The first-order valence-corrected chi connectivity index (χ1v) is 9.25. The first-order valence-electron chi connectivity index (χ1n) is 7.81. The molecule has 138 valence electrons. The van der Waals surface area contributed by atoms with Crippen LogP contribution >= 0.6 is 0 Å². The molecule has 0 amide bonds. The summed E-state index contributed by atoms with van der Waals surface area (Å²) in [6.45, 7) is 0.188. The van der Waals surface area contributed by atoms with E-state index < -0.39 is 32.5 Å². The number of hydrogen-bond donors (Lipinski definition) is 0. The lowest BCUT2D eigenvalue weighted by molar-refractivity contribution is -0.140. The third-order valence-corrected chi connectivity index (χ3v) is 6.06. The molecule has 0 aliphatic carbocycles. The predicted octanol–water partition coefficient (Wildman–Crippen LogP) is 4.32. The molecule has 0 unspecified atom stereocenters. The van der Waals surface area contributed by atoms with Crippen LogP contribution in [0, 0.1) is 5.82 Å². The first-order chi connectivity index (χ1) is 12.2. The van der Waals surface area contributed by atoms with Crippen LogP contribution in [0.5, 0.6) is 0 Å². The highest BCUT2D eigenvalue weighted by Gasteiger charge is 2.36. The van der Waals surface area contributed by atoms with Gasteiger partial charge in [-0.3, -0.25) is 0 Å². The summed E-state index contributed by atoms with van der Waals surface area (Å²) in [6, 6.07) is 11.2. The summed E-state index contributed by atoms with van der Waals surface area (Å²) >= 11 is 0. The fourth-order valence-corrected chi connectivity index (χ4v) is 4.22.